The van der Waals surface area contributed by atoms with Gasteiger partial charge in [0.25, 0.3) is 0 Å². The molecule has 0 heterocycles. The highest BCUT2D eigenvalue weighted by Gasteiger charge is 2.24. The summed E-state index contributed by atoms with van der Waals surface area (Å²) in [6.07, 6.45) is 7.02. The Labute approximate surface area is 95.4 Å². The van der Waals surface area contributed by atoms with Crippen molar-refractivity contribution in [2.75, 3.05) is 20.6 Å². The maximum Gasteiger partial charge on any atom is 0.0169 e. The van der Waals surface area contributed by atoms with Crippen LogP contribution >= 0.6 is 0 Å². The van der Waals surface area contributed by atoms with Crippen molar-refractivity contribution in [3.05, 3.63) is 0 Å². The van der Waals surface area contributed by atoms with Crippen LogP contribution in [0.1, 0.15) is 46.0 Å². The number of likely N-dealkylation sites (N-methyl/N-ethyl adjacent to an activating group) is 1. The lowest BCUT2D eigenvalue weighted by molar-refractivity contribution is 0.224. The van der Waals surface area contributed by atoms with Gasteiger partial charge in [-0.05, 0) is 39.8 Å². The smallest absolute Gasteiger partial charge is 0.0169 e. The van der Waals surface area contributed by atoms with Crippen LogP contribution in [-0.4, -0.2) is 37.6 Å². The quantitative estimate of drug-likeness (QED) is 0.753. The van der Waals surface area contributed by atoms with Crippen LogP contribution < -0.4 is 5.32 Å². The molecule has 0 amide bonds. The van der Waals surface area contributed by atoms with E-state index in [2.05, 4.69) is 38.2 Å². The van der Waals surface area contributed by atoms with Crippen LogP contribution in [0.25, 0.3) is 0 Å². The van der Waals surface area contributed by atoms with Gasteiger partial charge in [0.05, 0.1) is 0 Å². The minimum Gasteiger partial charge on any atom is -0.310 e. The van der Waals surface area contributed by atoms with E-state index in [-0.39, 0.29) is 0 Å². The molecule has 0 spiro atoms. The molecule has 1 N–H and O–H groups in total. The fourth-order valence-electron chi connectivity index (χ4n) is 2.88. The number of rotatable bonds is 5. The summed E-state index contributed by atoms with van der Waals surface area (Å²) in [5.74, 6) is 0.920. The van der Waals surface area contributed by atoms with E-state index in [1.54, 1.807) is 0 Å². The molecule has 1 aliphatic rings. The van der Waals surface area contributed by atoms with E-state index in [0.29, 0.717) is 6.04 Å². The third kappa shape index (κ3) is 4.52. The molecule has 1 aliphatic carbocycles. The van der Waals surface area contributed by atoms with Crippen molar-refractivity contribution in [2.24, 2.45) is 5.92 Å². The molecule has 1 fully saturated rings. The monoisotopic (exact) mass is 212 g/mol. The van der Waals surface area contributed by atoms with Crippen LogP contribution in [0.4, 0.5) is 0 Å². The molecule has 0 radical (unpaired) electrons. The Bertz CT molecular complexity index is 168. The van der Waals surface area contributed by atoms with Gasteiger partial charge in [0, 0.05) is 18.6 Å². The number of hydrogen-bond donors (Lipinski definition) is 1. The van der Waals surface area contributed by atoms with Crippen molar-refractivity contribution < 1.29 is 0 Å². The van der Waals surface area contributed by atoms with E-state index in [1.165, 1.54) is 32.1 Å². The largest absolute Gasteiger partial charge is 0.310 e. The van der Waals surface area contributed by atoms with Crippen molar-refractivity contribution in [2.45, 2.75) is 58.0 Å². The van der Waals surface area contributed by atoms with Gasteiger partial charge in [0.2, 0.25) is 0 Å². The lowest BCUT2D eigenvalue weighted by Gasteiger charge is -2.34. The summed E-state index contributed by atoms with van der Waals surface area (Å²) >= 11 is 0. The van der Waals surface area contributed by atoms with Crippen molar-refractivity contribution >= 4 is 0 Å². The average Bonchev–Trinajstić information content (AvgIpc) is 2.17. The van der Waals surface area contributed by atoms with E-state index in [0.717, 1.165) is 18.5 Å². The zero-order valence-corrected chi connectivity index (χ0v) is 10.9. The van der Waals surface area contributed by atoms with Crippen molar-refractivity contribution in [3.8, 4) is 0 Å². The van der Waals surface area contributed by atoms with Crippen LogP contribution in [0.2, 0.25) is 0 Å². The van der Waals surface area contributed by atoms with Crippen molar-refractivity contribution in [1.29, 1.82) is 0 Å². The number of nitrogens with zero attached hydrogens (tertiary/aromatic N) is 1. The van der Waals surface area contributed by atoms with Crippen LogP contribution in [0.3, 0.4) is 0 Å². The summed E-state index contributed by atoms with van der Waals surface area (Å²) in [7, 11) is 4.30. The Hall–Kier alpha value is -0.0800. The Morgan fingerprint density at radius 2 is 1.93 bits per heavy atom. The molecule has 90 valence electrons. The molecule has 0 aromatic carbocycles. The minimum atomic E-state index is 0.622. The van der Waals surface area contributed by atoms with Gasteiger partial charge in [-0.3, -0.25) is 0 Å². The van der Waals surface area contributed by atoms with E-state index in [1.807, 2.05) is 0 Å². The summed E-state index contributed by atoms with van der Waals surface area (Å²) < 4.78 is 0. The summed E-state index contributed by atoms with van der Waals surface area (Å²) in [5.41, 5.74) is 0. The van der Waals surface area contributed by atoms with Gasteiger partial charge in [0.15, 0.2) is 0 Å². The molecule has 0 aromatic heterocycles. The van der Waals surface area contributed by atoms with Gasteiger partial charge in [-0.1, -0.05) is 26.2 Å². The van der Waals surface area contributed by atoms with Crippen molar-refractivity contribution in [3.63, 3.8) is 0 Å². The molecule has 0 aromatic rings. The zero-order chi connectivity index (χ0) is 11.3. The van der Waals surface area contributed by atoms with Gasteiger partial charge in [-0.25, -0.2) is 0 Å². The number of nitrogens with one attached hydrogen (secondary N) is 1. The zero-order valence-electron chi connectivity index (χ0n) is 10.9. The summed E-state index contributed by atoms with van der Waals surface area (Å²) in [5, 5.41) is 3.81. The van der Waals surface area contributed by atoms with Gasteiger partial charge in [-0.2, -0.15) is 0 Å². The Morgan fingerprint density at radius 3 is 2.53 bits per heavy atom. The first-order chi connectivity index (χ1) is 7.13. The van der Waals surface area contributed by atoms with Crippen LogP contribution in [0.5, 0.6) is 0 Å². The first kappa shape index (κ1) is 13.0. The fraction of sp³-hybridized carbons (Fsp3) is 1.00. The summed E-state index contributed by atoms with van der Waals surface area (Å²) in [6, 6.07) is 1.40. The Balaban J connectivity index is 2.33. The highest BCUT2D eigenvalue weighted by Crippen LogP contribution is 2.27. The first-order valence-corrected chi connectivity index (χ1v) is 6.54. The van der Waals surface area contributed by atoms with Gasteiger partial charge in [-0.15, -0.1) is 0 Å². The van der Waals surface area contributed by atoms with Gasteiger partial charge in [0.1, 0.15) is 0 Å². The maximum atomic E-state index is 3.81. The Kier molecular flexibility index (Phi) is 5.62. The normalized spacial score (nSPS) is 29.4. The highest BCUT2D eigenvalue weighted by atomic mass is 15.1. The lowest BCUT2D eigenvalue weighted by atomic mass is 9.82. The minimum absolute atomic E-state index is 0.622. The van der Waals surface area contributed by atoms with Crippen LogP contribution in [0, 0.1) is 5.92 Å². The molecule has 2 heteroatoms. The second kappa shape index (κ2) is 6.49. The van der Waals surface area contributed by atoms with E-state index >= 15 is 0 Å². The Morgan fingerprint density at radius 1 is 1.27 bits per heavy atom. The van der Waals surface area contributed by atoms with Gasteiger partial charge < -0.3 is 10.2 Å². The molecule has 1 saturated carbocycles. The second-order valence-corrected chi connectivity index (χ2v) is 5.39. The van der Waals surface area contributed by atoms with Crippen LogP contribution in [-0.2, 0) is 0 Å². The molecule has 1 rings (SSSR count). The third-order valence-electron chi connectivity index (χ3n) is 3.57. The molecule has 0 aliphatic heterocycles. The lowest BCUT2D eigenvalue weighted by Crippen LogP contribution is -2.46. The van der Waals surface area contributed by atoms with E-state index in [9.17, 15) is 0 Å². The third-order valence-corrected chi connectivity index (χ3v) is 3.57. The predicted octanol–water partition coefficient (Wildman–Crippen LogP) is 2.49. The standard InChI is InChI=1S/C13H28N2/c1-5-12-8-6-7-9-13(12)14-11(2)10-15(3)4/h11-14H,5-10H2,1-4H3. The highest BCUT2D eigenvalue weighted by molar-refractivity contribution is 4.82. The number of hydrogen-bond acceptors (Lipinski definition) is 2. The molecular weight excluding hydrogens is 184 g/mol. The summed E-state index contributed by atoms with van der Waals surface area (Å²) in [4.78, 5) is 2.27. The first-order valence-electron chi connectivity index (χ1n) is 6.54. The molecule has 3 atom stereocenters. The molecule has 2 nitrogen and oxygen atoms in total. The molecule has 0 bridgehead atoms. The second-order valence-electron chi connectivity index (χ2n) is 5.39. The topological polar surface area (TPSA) is 15.3 Å². The van der Waals surface area contributed by atoms with E-state index in [4.69, 9.17) is 0 Å². The molecule has 15 heavy (non-hydrogen) atoms. The average molecular weight is 212 g/mol. The van der Waals surface area contributed by atoms with Crippen molar-refractivity contribution in [1.82, 2.24) is 10.2 Å². The molecular formula is C13H28N2. The molecule has 3 unspecified atom stereocenters. The SMILES string of the molecule is CCC1CCCCC1NC(C)CN(C)C. The molecule has 0 saturated heterocycles. The summed E-state index contributed by atoms with van der Waals surface area (Å²) in [6.45, 7) is 5.79. The van der Waals surface area contributed by atoms with E-state index < -0.39 is 0 Å². The van der Waals surface area contributed by atoms with Gasteiger partial charge >= 0.3 is 0 Å². The van der Waals surface area contributed by atoms with Crippen LogP contribution in [0.15, 0.2) is 0 Å². The maximum absolute atomic E-state index is 3.81. The predicted molar refractivity (Wildman–Crippen MR) is 67.2 cm³/mol. The fourth-order valence-corrected chi connectivity index (χ4v) is 2.88.